The maximum atomic E-state index is 5.56. The molecule has 0 aliphatic carbocycles. The molecular formula is C11H14N4O2S. The van der Waals surface area contributed by atoms with E-state index in [1.165, 1.54) is 0 Å². The maximum Gasteiger partial charge on any atom is 0.324 e. The van der Waals surface area contributed by atoms with Crippen molar-refractivity contribution in [2.45, 2.75) is 26.6 Å². The third-order valence-electron chi connectivity index (χ3n) is 1.88. The number of nitrogens with two attached hydrogens (primary N) is 1. The van der Waals surface area contributed by atoms with Gasteiger partial charge in [-0.3, -0.25) is 0 Å². The van der Waals surface area contributed by atoms with Crippen molar-refractivity contribution in [2.24, 2.45) is 0 Å². The van der Waals surface area contributed by atoms with Gasteiger partial charge in [0.25, 0.3) is 0 Å². The molecule has 0 spiro atoms. The fourth-order valence-corrected chi connectivity index (χ4v) is 1.83. The molecule has 0 amide bonds. The third kappa shape index (κ3) is 3.56. The van der Waals surface area contributed by atoms with Gasteiger partial charge in [-0.25, -0.2) is 0 Å². The molecule has 0 saturated carbocycles. The van der Waals surface area contributed by atoms with Gasteiger partial charge in [0, 0.05) is 4.88 Å². The van der Waals surface area contributed by atoms with Gasteiger partial charge in [0.05, 0.1) is 6.10 Å². The first-order valence-corrected chi connectivity index (χ1v) is 6.35. The van der Waals surface area contributed by atoms with Crippen LogP contribution in [-0.4, -0.2) is 21.1 Å². The highest BCUT2D eigenvalue weighted by atomic mass is 32.1. The van der Waals surface area contributed by atoms with Gasteiger partial charge in [-0.1, -0.05) is 6.07 Å². The van der Waals surface area contributed by atoms with E-state index in [1.54, 1.807) is 11.3 Å². The van der Waals surface area contributed by atoms with Crippen LogP contribution in [0.3, 0.4) is 0 Å². The fourth-order valence-electron chi connectivity index (χ4n) is 1.21. The Hall–Kier alpha value is -1.89. The summed E-state index contributed by atoms with van der Waals surface area (Å²) < 4.78 is 10.8. The zero-order valence-electron chi connectivity index (χ0n) is 10.2. The molecule has 0 saturated heterocycles. The predicted molar refractivity (Wildman–Crippen MR) is 68.7 cm³/mol. The first-order chi connectivity index (χ1) is 8.63. The Morgan fingerprint density at radius 1 is 1.28 bits per heavy atom. The highest BCUT2D eigenvalue weighted by Crippen LogP contribution is 2.15. The first-order valence-electron chi connectivity index (χ1n) is 5.47. The summed E-state index contributed by atoms with van der Waals surface area (Å²) in [7, 11) is 0. The molecule has 0 bridgehead atoms. The molecule has 0 aromatic carbocycles. The van der Waals surface area contributed by atoms with E-state index in [0.717, 1.165) is 4.88 Å². The van der Waals surface area contributed by atoms with Crippen LogP contribution < -0.4 is 15.2 Å². The van der Waals surface area contributed by atoms with Crippen molar-refractivity contribution >= 4 is 17.3 Å². The van der Waals surface area contributed by atoms with Crippen molar-refractivity contribution < 1.29 is 9.47 Å². The molecule has 0 atom stereocenters. The number of thiophene rings is 1. The minimum Gasteiger partial charge on any atom is -0.461 e. The molecule has 0 radical (unpaired) electrons. The van der Waals surface area contributed by atoms with Crippen molar-refractivity contribution in [3.05, 3.63) is 22.4 Å². The van der Waals surface area contributed by atoms with Crippen LogP contribution in [0, 0.1) is 0 Å². The molecule has 2 heterocycles. The highest BCUT2D eigenvalue weighted by Gasteiger charge is 2.08. The van der Waals surface area contributed by atoms with Crippen LogP contribution in [0.15, 0.2) is 17.5 Å². The van der Waals surface area contributed by atoms with Crippen LogP contribution in [0.4, 0.5) is 5.95 Å². The molecule has 0 unspecified atom stereocenters. The lowest BCUT2D eigenvalue weighted by Gasteiger charge is -2.09. The molecule has 0 aliphatic rings. The second-order valence-electron chi connectivity index (χ2n) is 3.79. The van der Waals surface area contributed by atoms with Crippen LogP contribution in [0.5, 0.6) is 12.0 Å². The molecule has 2 N–H and O–H groups in total. The quantitative estimate of drug-likeness (QED) is 0.889. The second kappa shape index (κ2) is 5.63. The van der Waals surface area contributed by atoms with Gasteiger partial charge in [0.1, 0.15) is 6.61 Å². The van der Waals surface area contributed by atoms with Crippen LogP contribution in [0.1, 0.15) is 18.7 Å². The maximum absolute atomic E-state index is 5.56. The van der Waals surface area contributed by atoms with Gasteiger partial charge in [-0.05, 0) is 25.3 Å². The number of nitrogen functional groups attached to an aromatic ring is 1. The summed E-state index contributed by atoms with van der Waals surface area (Å²) in [6.45, 7) is 4.17. The van der Waals surface area contributed by atoms with Crippen molar-refractivity contribution in [3.63, 3.8) is 0 Å². The lowest BCUT2D eigenvalue weighted by molar-refractivity contribution is 0.212. The van der Waals surface area contributed by atoms with Gasteiger partial charge in [-0.2, -0.15) is 9.97 Å². The van der Waals surface area contributed by atoms with E-state index in [4.69, 9.17) is 15.2 Å². The van der Waals surface area contributed by atoms with Crippen molar-refractivity contribution in [1.29, 1.82) is 0 Å². The Balaban J connectivity index is 2.05. The monoisotopic (exact) mass is 266 g/mol. The van der Waals surface area contributed by atoms with Crippen LogP contribution in [0.25, 0.3) is 0 Å². The number of hydrogen-bond acceptors (Lipinski definition) is 7. The number of nitrogens with zero attached hydrogens (tertiary/aromatic N) is 3. The van der Waals surface area contributed by atoms with Gasteiger partial charge < -0.3 is 15.2 Å². The SMILES string of the molecule is CC(C)Oc1nc(N)nc(OCc2cccs2)n1. The Morgan fingerprint density at radius 3 is 2.72 bits per heavy atom. The molecule has 0 fully saturated rings. The number of aromatic nitrogens is 3. The lowest BCUT2D eigenvalue weighted by Crippen LogP contribution is -2.11. The molecular weight excluding hydrogens is 252 g/mol. The summed E-state index contributed by atoms with van der Waals surface area (Å²) in [6, 6.07) is 4.28. The lowest BCUT2D eigenvalue weighted by atomic mass is 10.5. The molecule has 2 aromatic heterocycles. The van der Waals surface area contributed by atoms with E-state index < -0.39 is 0 Å². The van der Waals surface area contributed by atoms with E-state index in [1.807, 2.05) is 31.4 Å². The Kier molecular flexibility index (Phi) is 3.93. The normalized spacial score (nSPS) is 10.6. The average molecular weight is 266 g/mol. The van der Waals surface area contributed by atoms with Crippen LogP contribution >= 0.6 is 11.3 Å². The molecule has 96 valence electrons. The largest absolute Gasteiger partial charge is 0.461 e. The standard InChI is InChI=1S/C11H14N4O2S/c1-7(2)17-11-14-9(12)13-10(15-11)16-6-8-4-3-5-18-8/h3-5,7H,6H2,1-2H3,(H2,12,13,14,15). The minimum absolute atomic E-state index is 0.0306. The van der Waals surface area contributed by atoms with E-state index in [9.17, 15) is 0 Å². The molecule has 2 rings (SSSR count). The van der Waals surface area contributed by atoms with Crippen LogP contribution in [0.2, 0.25) is 0 Å². The van der Waals surface area contributed by atoms with E-state index in [2.05, 4.69) is 15.0 Å². The minimum atomic E-state index is -0.0306. The zero-order valence-corrected chi connectivity index (χ0v) is 11.0. The molecule has 18 heavy (non-hydrogen) atoms. The van der Waals surface area contributed by atoms with Gasteiger partial charge in [0.2, 0.25) is 5.95 Å². The number of hydrogen-bond donors (Lipinski definition) is 1. The van der Waals surface area contributed by atoms with Gasteiger partial charge in [-0.15, -0.1) is 16.3 Å². The number of anilines is 1. The van der Waals surface area contributed by atoms with E-state index >= 15 is 0 Å². The average Bonchev–Trinajstić information content (AvgIpc) is 2.77. The third-order valence-corrected chi connectivity index (χ3v) is 2.73. The first kappa shape index (κ1) is 12.6. The van der Waals surface area contributed by atoms with E-state index in [0.29, 0.717) is 6.61 Å². The molecule has 0 aliphatic heterocycles. The summed E-state index contributed by atoms with van der Waals surface area (Å²) in [5, 5.41) is 1.98. The van der Waals surface area contributed by atoms with Crippen molar-refractivity contribution in [3.8, 4) is 12.0 Å². The van der Waals surface area contributed by atoms with Crippen molar-refractivity contribution in [1.82, 2.24) is 15.0 Å². The molecule has 6 nitrogen and oxygen atoms in total. The topological polar surface area (TPSA) is 83.2 Å². The summed E-state index contributed by atoms with van der Waals surface area (Å²) in [4.78, 5) is 12.9. The van der Waals surface area contributed by atoms with Crippen LogP contribution in [-0.2, 0) is 6.61 Å². The summed E-state index contributed by atoms with van der Waals surface area (Å²) in [6.07, 6.45) is -0.0306. The number of ether oxygens (including phenoxy) is 2. The second-order valence-corrected chi connectivity index (χ2v) is 4.83. The highest BCUT2D eigenvalue weighted by molar-refractivity contribution is 7.09. The Morgan fingerprint density at radius 2 is 2.06 bits per heavy atom. The van der Waals surface area contributed by atoms with E-state index in [-0.39, 0.29) is 24.1 Å². The summed E-state index contributed by atoms with van der Waals surface area (Å²) in [5.74, 6) is 0.0850. The predicted octanol–water partition coefficient (Wildman–Crippen LogP) is 1.88. The summed E-state index contributed by atoms with van der Waals surface area (Å²) in [5.41, 5.74) is 5.56. The molecule has 2 aromatic rings. The van der Waals surface area contributed by atoms with Gasteiger partial charge in [0.15, 0.2) is 0 Å². The van der Waals surface area contributed by atoms with Gasteiger partial charge >= 0.3 is 12.0 Å². The summed E-state index contributed by atoms with van der Waals surface area (Å²) >= 11 is 1.60. The van der Waals surface area contributed by atoms with Crippen molar-refractivity contribution in [2.75, 3.05) is 5.73 Å². The fraction of sp³-hybridized carbons (Fsp3) is 0.364. The Bertz CT molecular complexity index is 502. The number of rotatable bonds is 5. The Labute approximate surface area is 109 Å². The molecule has 7 heteroatoms. The zero-order chi connectivity index (χ0) is 13.0. The smallest absolute Gasteiger partial charge is 0.324 e.